The van der Waals surface area contributed by atoms with Crippen LogP contribution in [0, 0.1) is 0 Å². The maximum Gasteiger partial charge on any atom is 0.410 e. The standard InChI is InChI=1S/C16H18ClN3O2S/c1-16(2,3)22-15(21)20-5-4-10(9-20)6-12-7-11-8-18-14(17)19-13(11)23-12/h6-8H,4-5,9H2,1-3H3/b10-6+. The highest BCUT2D eigenvalue weighted by molar-refractivity contribution is 7.19. The van der Waals surface area contributed by atoms with Crippen LogP contribution < -0.4 is 0 Å². The molecule has 0 N–H and O–H groups in total. The van der Waals surface area contributed by atoms with Gasteiger partial charge in [0.1, 0.15) is 10.4 Å². The van der Waals surface area contributed by atoms with E-state index in [2.05, 4.69) is 16.0 Å². The lowest BCUT2D eigenvalue weighted by Crippen LogP contribution is -2.34. The van der Waals surface area contributed by atoms with Crippen LogP contribution in [-0.4, -0.2) is 39.7 Å². The lowest BCUT2D eigenvalue weighted by Gasteiger charge is -2.23. The van der Waals surface area contributed by atoms with E-state index in [-0.39, 0.29) is 11.4 Å². The summed E-state index contributed by atoms with van der Waals surface area (Å²) < 4.78 is 5.41. The molecule has 3 rings (SSSR count). The number of likely N-dealkylation sites (tertiary alicyclic amines) is 1. The number of thiophene rings is 1. The van der Waals surface area contributed by atoms with Crippen molar-refractivity contribution in [2.75, 3.05) is 13.1 Å². The van der Waals surface area contributed by atoms with Crippen LogP contribution in [0.15, 0.2) is 17.8 Å². The first-order chi connectivity index (χ1) is 10.8. The van der Waals surface area contributed by atoms with Crippen molar-refractivity contribution in [3.63, 3.8) is 0 Å². The van der Waals surface area contributed by atoms with Gasteiger partial charge in [-0.15, -0.1) is 11.3 Å². The second kappa shape index (κ2) is 6.09. The normalized spacial score (nSPS) is 17.2. The second-order valence-corrected chi connectivity index (χ2v) is 7.90. The average molecular weight is 352 g/mol. The third-order valence-corrected chi connectivity index (χ3v) is 4.53. The van der Waals surface area contributed by atoms with Crippen molar-refractivity contribution in [1.29, 1.82) is 0 Å². The number of ether oxygens (including phenoxy) is 1. The fraction of sp³-hybridized carbons (Fsp3) is 0.438. The molecule has 1 saturated heterocycles. The van der Waals surface area contributed by atoms with Crippen molar-refractivity contribution in [3.05, 3.63) is 28.0 Å². The molecule has 2 aromatic rings. The number of carbonyl (C=O) groups is 1. The molecule has 0 atom stereocenters. The molecule has 0 aliphatic carbocycles. The van der Waals surface area contributed by atoms with Crippen molar-refractivity contribution in [2.24, 2.45) is 0 Å². The van der Waals surface area contributed by atoms with Crippen molar-refractivity contribution in [2.45, 2.75) is 32.8 Å². The number of fused-ring (bicyclic) bond motifs is 1. The first-order valence-electron chi connectivity index (χ1n) is 7.40. The molecule has 2 aromatic heterocycles. The van der Waals surface area contributed by atoms with Crippen LogP contribution in [0.4, 0.5) is 4.79 Å². The molecule has 122 valence electrons. The summed E-state index contributed by atoms with van der Waals surface area (Å²) in [7, 11) is 0. The van der Waals surface area contributed by atoms with E-state index in [0.717, 1.165) is 21.5 Å². The predicted octanol–water partition coefficient (Wildman–Crippen LogP) is 4.37. The van der Waals surface area contributed by atoms with Gasteiger partial charge < -0.3 is 9.64 Å². The Kier molecular flexibility index (Phi) is 4.29. The summed E-state index contributed by atoms with van der Waals surface area (Å²) in [5, 5.41) is 1.24. The van der Waals surface area contributed by atoms with Crippen LogP contribution in [-0.2, 0) is 4.74 Å². The van der Waals surface area contributed by atoms with Gasteiger partial charge in [0.2, 0.25) is 5.28 Å². The highest BCUT2D eigenvalue weighted by Crippen LogP contribution is 2.28. The van der Waals surface area contributed by atoms with Gasteiger partial charge in [0.15, 0.2) is 0 Å². The Labute approximate surface area is 143 Å². The zero-order chi connectivity index (χ0) is 16.6. The predicted molar refractivity (Wildman–Crippen MR) is 92.8 cm³/mol. The third kappa shape index (κ3) is 4.00. The Morgan fingerprint density at radius 2 is 2.26 bits per heavy atom. The number of hydrogen-bond donors (Lipinski definition) is 0. The molecule has 23 heavy (non-hydrogen) atoms. The minimum absolute atomic E-state index is 0.255. The van der Waals surface area contributed by atoms with Crippen LogP contribution in [0.3, 0.4) is 0 Å². The molecule has 1 aliphatic rings. The molecular weight excluding hydrogens is 334 g/mol. The van der Waals surface area contributed by atoms with Crippen LogP contribution in [0.2, 0.25) is 5.28 Å². The van der Waals surface area contributed by atoms with Gasteiger partial charge in [-0.25, -0.2) is 14.8 Å². The molecule has 0 radical (unpaired) electrons. The zero-order valence-electron chi connectivity index (χ0n) is 13.3. The summed E-state index contributed by atoms with van der Waals surface area (Å²) in [5.74, 6) is 0. The molecule has 0 saturated carbocycles. The Morgan fingerprint density at radius 3 is 3.00 bits per heavy atom. The van der Waals surface area contributed by atoms with Gasteiger partial charge in [-0.2, -0.15) is 0 Å². The van der Waals surface area contributed by atoms with Gasteiger partial charge in [0.25, 0.3) is 0 Å². The molecule has 1 amide bonds. The van der Waals surface area contributed by atoms with Crippen LogP contribution in [0.25, 0.3) is 16.3 Å². The molecule has 0 bridgehead atoms. The Balaban J connectivity index is 1.72. The maximum absolute atomic E-state index is 12.1. The molecule has 7 heteroatoms. The van der Waals surface area contributed by atoms with E-state index in [1.54, 1.807) is 22.4 Å². The minimum Gasteiger partial charge on any atom is -0.444 e. The Hall–Kier alpha value is -1.66. The zero-order valence-corrected chi connectivity index (χ0v) is 14.9. The average Bonchev–Trinajstić information content (AvgIpc) is 3.03. The van der Waals surface area contributed by atoms with Gasteiger partial charge in [-0.3, -0.25) is 0 Å². The van der Waals surface area contributed by atoms with Crippen molar-refractivity contribution >= 4 is 45.3 Å². The molecule has 0 aromatic carbocycles. The molecule has 1 fully saturated rings. The molecule has 5 nitrogen and oxygen atoms in total. The number of carbonyl (C=O) groups excluding carboxylic acids is 1. The Morgan fingerprint density at radius 1 is 1.48 bits per heavy atom. The summed E-state index contributed by atoms with van der Waals surface area (Å²) in [6.07, 6.45) is 4.45. The molecule has 1 aliphatic heterocycles. The van der Waals surface area contributed by atoms with E-state index < -0.39 is 5.60 Å². The molecular formula is C16H18ClN3O2S. The molecule has 3 heterocycles. The number of nitrogens with zero attached hydrogens (tertiary/aromatic N) is 3. The largest absolute Gasteiger partial charge is 0.444 e. The topological polar surface area (TPSA) is 55.3 Å². The number of amides is 1. The Bertz CT molecular complexity index is 779. The monoisotopic (exact) mass is 351 g/mol. The smallest absolute Gasteiger partial charge is 0.410 e. The summed E-state index contributed by atoms with van der Waals surface area (Å²) in [4.78, 5) is 24.0. The van der Waals surface area contributed by atoms with Gasteiger partial charge in [-0.05, 0) is 56.5 Å². The first kappa shape index (κ1) is 16.2. The summed E-state index contributed by atoms with van der Waals surface area (Å²) >= 11 is 7.39. The van der Waals surface area contributed by atoms with E-state index >= 15 is 0 Å². The second-order valence-electron chi connectivity index (χ2n) is 6.50. The van der Waals surface area contributed by atoms with Gasteiger partial charge in [-0.1, -0.05) is 0 Å². The molecule has 0 unspecified atom stereocenters. The van der Waals surface area contributed by atoms with Crippen LogP contribution in [0.5, 0.6) is 0 Å². The number of aromatic nitrogens is 2. The molecule has 0 spiro atoms. The number of rotatable bonds is 1. The maximum atomic E-state index is 12.1. The fourth-order valence-electron chi connectivity index (χ4n) is 2.38. The highest BCUT2D eigenvalue weighted by Gasteiger charge is 2.26. The minimum atomic E-state index is -0.465. The lowest BCUT2D eigenvalue weighted by molar-refractivity contribution is 0.0299. The number of halogens is 1. The van der Waals surface area contributed by atoms with Crippen LogP contribution in [0.1, 0.15) is 32.1 Å². The summed E-state index contributed by atoms with van der Waals surface area (Å²) in [6.45, 7) is 6.93. The van der Waals surface area contributed by atoms with Gasteiger partial charge in [0.05, 0.1) is 0 Å². The van der Waals surface area contributed by atoms with Gasteiger partial charge in [0, 0.05) is 29.5 Å². The van der Waals surface area contributed by atoms with Crippen LogP contribution >= 0.6 is 22.9 Å². The first-order valence-corrected chi connectivity index (χ1v) is 8.59. The highest BCUT2D eigenvalue weighted by atomic mass is 35.5. The quantitative estimate of drug-likeness (QED) is 0.716. The van der Waals surface area contributed by atoms with E-state index in [0.29, 0.717) is 13.1 Å². The third-order valence-electron chi connectivity index (χ3n) is 3.36. The lowest BCUT2D eigenvalue weighted by atomic mass is 10.2. The summed E-state index contributed by atoms with van der Waals surface area (Å²) in [5.41, 5.74) is 0.744. The fourth-order valence-corrected chi connectivity index (χ4v) is 3.56. The summed E-state index contributed by atoms with van der Waals surface area (Å²) in [6, 6.07) is 2.04. The van der Waals surface area contributed by atoms with Gasteiger partial charge >= 0.3 is 6.09 Å². The van der Waals surface area contributed by atoms with Crippen molar-refractivity contribution in [3.8, 4) is 0 Å². The number of hydrogen-bond acceptors (Lipinski definition) is 5. The SMILES string of the molecule is CC(C)(C)OC(=O)N1CC/C(=C\c2cc3cnc(Cl)nc3s2)C1. The van der Waals surface area contributed by atoms with Crippen molar-refractivity contribution in [1.82, 2.24) is 14.9 Å². The van der Waals surface area contributed by atoms with E-state index in [1.165, 1.54) is 5.57 Å². The van der Waals surface area contributed by atoms with Crippen molar-refractivity contribution < 1.29 is 9.53 Å². The van der Waals surface area contributed by atoms with E-state index in [4.69, 9.17) is 16.3 Å². The van der Waals surface area contributed by atoms with E-state index in [9.17, 15) is 4.79 Å². The van der Waals surface area contributed by atoms with E-state index in [1.807, 2.05) is 26.8 Å².